The summed E-state index contributed by atoms with van der Waals surface area (Å²) in [6.07, 6.45) is 10.0. The predicted octanol–water partition coefficient (Wildman–Crippen LogP) is 6.72. The number of rotatable bonds is 5. The van der Waals surface area contributed by atoms with Crippen molar-refractivity contribution >= 4 is 11.8 Å². The van der Waals surface area contributed by atoms with Crippen LogP contribution in [0.15, 0.2) is 22.8 Å². The molecule has 0 aromatic rings. The lowest BCUT2D eigenvalue weighted by Gasteiger charge is -2.61. The van der Waals surface area contributed by atoms with Crippen LogP contribution in [0.25, 0.3) is 0 Å². The van der Waals surface area contributed by atoms with Crippen LogP contribution < -0.4 is 0 Å². The molecule has 0 heterocycles. The van der Waals surface area contributed by atoms with Crippen LogP contribution in [-0.4, -0.2) is 28.1 Å². The normalized spacial score (nSPS) is 41.4. The van der Waals surface area contributed by atoms with Gasteiger partial charge in [-0.3, -0.25) is 4.79 Å². The Labute approximate surface area is 206 Å². The van der Waals surface area contributed by atoms with Gasteiger partial charge in [0.05, 0.1) is 6.10 Å². The molecular weight excluding hydrogens is 424 g/mol. The fourth-order valence-electron chi connectivity index (χ4n) is 9.24. The van der Waals surface area contributed by atoms with E-state index in [2.05, 4.69) is 41.5 Å². The zero-order chi connectivity index (χ0) is 25.3. The van der Waals surface area contributed by atoms with Gasteiger partial charge in [-0.05, 0) is 92.3 Å². The van der Waals surface area contributed by atoms with Crippen molar-refractivity contribution in [1.82, 2.24) is 0 Å². The van der Waals surface area contributed by atoms with Crippen molar-refractivity contribution in [3.05, 3.63) is 22.8 Å². The molecule has 0 saturated heterocycles. The summed E-state index contributed by atoms with van der Waals surface area (Å²) in [6, 6.07) is 0. The van der Waals surface area contributed by atoms with Crippen molar-refractivity contribution in [1.29, 1.82) is 0 Å². The fourth-order valence-corrected chi connectivity index (χ4v) is 9.24. The van der Waals surface area contributed by atoms with Gasteiger partial charge in [-0.15, -0.1) is 0 Å². The highest BCUT2D eigenvalue weighted by Gasteiger charge is 2.63. The maximum atomic E-state index is 12.8. The first-order chi connectivity index (χ1) is 15.7. The van der Waals surface area contributed by atoms with Gasteiger partial charge in [0.15, 0.2) is 0 Å². The summed E-state index contributed by atoms with van der Waals surface area (Å²) in [4.78, 5) is 24.0. The van der Waals surface area contributed by atoms with Crippen molar-refractivity contribution in [3.63, 3.8) is 0 Å². The van der Waals surface area contributed by atoms with Crippen LogP contribution in [0.4, 0.5) is 0 Å². The number of hydrogen-bond donors (Lipinski definition) is 2. The maximum Gasteiger partial charge on any atom is 0.330 e. The Morgan fingerprint density at radius 3 is 2.35 bits per heavy atom. The Morgan fingerprint density at radius 1 is 1.03 bits per heavy atom. The zero-order valence-corrected chi connectivity index (χ0v) is 22.5. The second-order valence-corrected chi connectivity index (χ2v) is 13.4. The van der Waals surface area contributed by atoms with Crippen molar-refractivity contribution < 1.29 is 19.8 Å². The highest BCUT2D eigenvalue weighted by Crippen LogP contribution is 2.72. The van der Waals surface area contributed by atoms with Gasteiger partial charge in [0.25, 0.3) is 0 Å². The Balaban J connectivity index is 1.63. The number of carboxylic acid groups (broad SMARTS) is 1. The zero-order valence-electron chi connectivity index (χ0n) is 22.5. The van der Waals surface area contributed by atoms with Gasteiger partial charge in [0.1, 0.15) is 5.78 Å². The molecule has 0 aromatic carbocycles. The molecule has 4 rings (SSSR count). The molecule has 0 unspecified atom stereocenters. The number of aliphatic hydroxyl groups excluding tert-OH is 1. The largest absolute Gasteiger partial charge is 0.478 e. The van der Waals surface area contributed by atoms with Gasteiger partial charge in [0, 0.05) is 17.4 Å². The molecule has 4 aliphatic rings. The van der Waals surface area contributed by atoms with Crippen molar-refractivity contribution in [2.45, 2.75) is 112 Å². The van der Waals surface area contributed by atoms with Gasteiger partial charge < -0.3 is 10.2 Å². The number of Topliss-reactive ketones (excluding diaryl/α,β-unsaturated/α-hetero) is 1. The highest BCUT2D eigenvalue weighted by atomic mass is 16.4. The van der Waals surface area contributed by atoms with Crippen molar-refractivity contribution in [2.75, 3.05) is 0 Å². The Kier molecular flexibility index (Phi) is 6.28. The molecule has 7 atom stereocenters. The third kappa shape index (κ3) is 3.49. The third-order valence-electron chi connectivity index (χ3n) is 11.8. The van der Waals surface area contributed by atoms with E-state index in [-0.39, 0.29) is 27.6 Å². The molecule has 4 aliphatic carbocycles. The summed E-state index contributed by atoms with van der Waals surface area (Å²) in [5.74, 6) is 0.528. The smallest absolute Gasteiger partial charge is 0.330 e. The summed E-state index contributed by atoms with van der Waals surface area (Å²) in [5, 5.41) is 20.2. The molecule has 190 valence electrons. The lowest BCUT2D eigenvalue weighted by atomic mass is 9.43. The third-order valence-corrected chi connectivity index (χ3v) is 11.8. The Bertz CT molecular complexity index is 941. The minimum absolute atomic E-state index is 0.130. The highest BCUT2D eigenvalue weighted by molar-refractivity contribution is 5.86. The number of carbonyl (C=O) groups is 2. The average molecular weight is 471 g/mol. The lowest BCUT2D eigenvalue weighted by Crippen LogP contribution is -2.54. The van der Waals surface area contributed by atoms with Gasteiger partial charge in [-0.1, -0.05) is 58.8 Å². The molecule has 34 heavy (non-hydrogen) atoms. The maximum absolute atomic E-state index is 12.8. The number of fused-ring (bicyclic) bond motifs is 4. The molecule has 0 bridgehead atoms. The van der Waals surface area contributed by atoms with Gasteiger partial charge in [-0.2, -0.15) is 0 Å². The Hall–Kier alpha value is -1.42. The number of hydrogen-bond acceptors (Lipinski definition) is 3. The van der Waals surface area contributed by atoms with E-state index >= 15 is 0 Å². The number of aliphatic carboxylic acids is 1. The summed E-state index contributed by atoms with van der Waals surface area (Å²) < 4.78 is 0. The minimum atomic E-state index is -0.913. The topological polar surface area (TPSA) is 74.6 Å². The molecule has 4 nitrogen and oxygen atoms in total. The van der Waals surface area contributed by atoms with E-state index in [0.29, 0.717) is 36.0 Å². The van der Waals surface area contributed by atoms with Gasteiger partial charge in [0.2, 0.25) is 0 Å². The number of ketones is 1. The molecule has 0 spiro atoms. The molecule has 0 amide bonds. The number of allylic oxidation sites excluding steroid dienone is 2. The summed E-state index contributed by atoms with van der Waals surface area (Å²) >= 11 is 0. The number of aliphatic hydroxyl groups is 1. The molecule has 0 radical (unpaired) electrons. The molecule has 2 N–H and O–H groups in total. The second kappa shape index (κ2) is 8.32. The van der Waals surface area contributed by atoms with E-state index in [0.717, 1.165) is 44.9 Å². The number of carbonyl (C=O) groups excluding carboxylic acids is 1. The van der Waals surface area contributed by atoms with Crippen LogP contribution in [0.2, 0.25) is 0 Å². The average Bonchev–Trinajstić information content (AvgIpc) is 3.05. The van der Waals surface area contributed by atoms with Crippen LogP contribution in [0, 0.1) is 39.4 Å². The van der Waals surface area contributed by atoms with E-state index < -0.39 is 12.1 Å². The summed E-state index contributed by atoms with van der Waals surface area (Å²) in [6.45, 7) is 15.6. The first-order valence-corrected chi connectivity index (χ1v) is 13.5. The molecule has 2 fully saturated rings. The Morgan fingerprint density at radius 2 is 1.71 bits per heavy atom. The first kappa shape index (κ1) is 25.7. The molecule has 0 aromatic heterocycles. The van der Waals surface area contributed by atoms with Crippen molar-refractivity contribution in [3.8, 4) is 0 Å². The molecule has 2 saturated carbocycles. The van der Waals surface area contributed by atoms with Crippen molar-refractivity contribution in [2.24, 2.45) is 39.4 Å². The quantitative estimate of drug-likeness (QED) is 0.345. The van der Waals surface area contributed by atoms with E-state index in [1.807, 2.05) is 0 Å². The van der Waals surface area contributed by atoms with E-state index in [1.54, 1.807) is 24.1 Å². The van der Waals surface area contributed by atoms with Gasteiger partial charge >= 0.3 is 5.97 Å². The number of carboxylic acids is 1. The summed E-state index contributed by atoms with van der Waals surface area (Å²) in [5.41, 5.74) is 3.87. The van der Waals surface area contributed by atoms with Crippen LogP contribution in [0.3, 0.4) is 0 Å². The SMILES string of the molecule is C/C(=C\C[C@H](O)[C@@H](C)[C@H]1CC[C@@]2(C)C3=C(CC[C@]12C)[C@@]1(C)CCC(=O)C(C)(C)[C@@H]1CC3)C(=O)O. The van der Waals surface area contributed by atoms with E-state index in [9.17, 15) is 14.7 Å². The monoisotopic (exact) mass is 470 g/mol. The standard InChI is InChI=1S/C30H46O4/c1-18(26(33)34)8-10-23(31)19(2)20-12-16-30(7)22-9-11-24-27(3,4)25(32)14-15-28(24,5)21(22)13-17-29(20,30)6/h8,19-20,23-24,31H,9-17H2,1-7H3,(H,33,34)/b18-8+/t19-,20+,23-,24-,28+,29+,30-/m0/s1. The van der Waals surface area contributed by atoms with Crippen LogP contribution in [-0.2, 0) is 9.59 Å². The molecular formula is C30H46O4. The minimum Gasteiger partial charge on any atom is -0.478 e. The molecule has 0 aliphatic heterocycles. The molecule has 4 heteroatoms. The van der Waals surface area contributed by atoms with Crippen LogP contribution in [0.5, 0.6) is 0 Å². The van der Waals surface area contributed by atoms with Crippen LogP contribution >= 0.6 is 0 Å². The summed E-state index contributed by atoms with van der Waals surface area (Å²) in [7, 11) is 0. The predicted molar refractivity (Wildman–Crippen MR) is 135 cm³/mol. The van der Waals surface area contributed by atoms with E-state index in [4.69, 9.17) is 5.11 Å². The fraction of sp³-hybridized carbons (Fsp3) is 0.800. The van der Waals surface area contributed by atoms with E-state index in [1.165, 1.54) is 0 Å². The first-order valence-electron chi connectivity index (χ1n) is 13.5. The van der Waals surface area contributed by atoms with Gasteiger partial charge in [-0.25, -0.2) is 4.79 Å². The second-order valence-electron chi connectivity index (χ2n) is 13.4. The lowest BCUT2D eigenvalue weighted by molar-refractivity contribution is -0.139. The van der Waals surface area contributed by atoms with Crippen LogP contribution in [0.1, 0.15) is 106 Å².